The summed E-state index contributed by atoms with van der Waals surface area (Å²) in [6.45, 7) is 7.52. The SMILES string of the molecule is CCOC(=O)CCC[C@H](C(=O)OCC)P(=O)(OCC)OCC. The van der Waals surface area contributed by atoms with Crippen LogP contribution in [0.2, 0.25) is 0 Å². The summed E-state index contributed by atoms with van der Waals surface area (Å²) in [7, 11) is -3.62. The number of carbonyl (C=O) groups excluding carboxylic acids is 2. The van der Waals surface area contributed by atoms with Gasteiger partial charge in [0, 0.05) is 6.42 Å². The molecule has 0 aromatic rings. The standard InChI is InChI=1S/C14H27O7P/c1-5-18-13(15)11-9-10-12(14(16)19-6-2)22(17,20-7-3)21-8-4/h12H,5-11H2,1-4H3/t12-/m1/s1. The zero-order chi connectivity index (χ0) is 17.0. The molecule has 0 amide bonds. The summed E-state index contributed by atoms with van der Waals surface area (Å²) in [5.74, 6) is -0.982. The number of hydrogen-bond donors (Lipinski definition) is 0. The van der Waals surface area contributed by atoms with Crippen LogP contribution in [0.15, 0.2) is 0 Å². The third-order valence-electron chi connectivity index (χ3n) is 2.72. The van der Waals surface area contributed by atoms with E-state index in [4.69, 9.17) is 18.5 Å². The van der Waals surface area contributed by atoms with Crippen molar-refractivity contribution < 1.29 is 32.7 Å². The molecule has 0 fully saturated rings. The van der Waals surface area contributed by atoms with Crippen LogP contribution in [0, 0.1) is 0 Å². The molecule has 0 aromatic carbocycles. The van der Waals surface area contributed by atoms with Crippen LogP contribution in [-0.2, 0) is 32.7 Å². The smallest absolute Gasteiger partial charge is 0.344 e. The number of ether oxygens (including phenoxy) is 2. The topological polar surface area (TPSA) is 88.1 Å². The first-order valence-electron chi connectivity index (χ1n) is 7.66. The predicted octanol–water partition coefficient (Wildman–Crippen LogP) is 2.92. The van der Waals surface area contributed by atoms with Crippen molar-refractivity contribution in [2.45, 2.75) is 52.6 Å². The Kier molecular flexibility index (Phi) is 11.1. The average Bonchev–Trinajstić information content (AvgIpc) is 2.44. The summed E-state index contributed by atoms with van der Waals surface area (Å²) in [5, 5.41) is 0. The Morgan fingerprint density at radius 1 is 0.909 bits per heavy atom. The predicted molar refractivity (Wildman–Crippen MR) is 81.8 cm³/mol. The molecular weight excluding hydrogens is 311 g/mol. The largest absolute Gasteiger partial charge is 0.466 e. The molecule has 22 heavy (non-hydrogen) atoms. The van der Waals surface area contributed by atoms with E-state index in [1.165, 1.54) is 0 Å². The fourth-order valence-electron chi connectivity index (χ4n) is 1.89. The van der Waals surface area contributed by atoms with Gasteiger partial charge in [-0.05, 0) is 40.5 Å². The quantitative estimate of drug-likeness (QED) is 0.399. The van der Waals surface area contributed by atoms with Gasteiger partial charge in [0.2, 0.25) is 0 Å². The molecule has 0 saturated carbocycles. The van der Waals surface area contributed by atoms with Gasteiger partial charge in [0.05, 0.1) is 26.4 Å². The summed E-state index contributed by atoms with van der Waals surface area (Å²) in [5.41, 5.74) is -1.03. The molecule has 1 atom stereocenters. The molecule has 8 heteroatoms. The Morgan fingerprint density at radius 2 is 1.45 bits per heavy atom. The van der Waals surface area contributed by atoms with Gasteiger partial charge >= 0.3 is 19.5 Å². The van der Waals surface area contributed by atoms with E-state index in [2.05, 4.69) is 0 Å². The highest BCUT2D eigenvalue weighted by Crippen LogP contribution is 2.55. The molecule has 0 radical (unpaired) electrons. The van der Waals surface area contributed by atoms with Gasteiger partial charge in [0.25, 0.3) is 0 Å². The van der Waals surface area contributed by atoms with Gasteiger partial charge in [0.15, 0.2) is 5.66 Å². The minimum atomic E-state index is -3.62. The van der Waals surface area contributed by atoms with Crippen LogP contribution in [0.3, 0.4) is 0 Å². The zero-order valence-corrected chi connectivity index (χ0v) is 14.7. The highest BCUT2D eigenvalue weighted by molar-refractivity contribution is 7.55. The fraction of sp³-hybridized carbons (Fsp3) is 0.857. The molecule has 0 N–H and O–H groups in total. The fourth-order valence-corrected chi connectivity index (χ4v) is 3.88. The first-order valence-corrected chi connectivity index (χ1v) is 9.27. The van der Waals surface area contributed by atoms with Crippen molar-refractivity contribution in [2.24, 2.45) is 0 Å². The summed E-state index contributed by atoms with van der Waals surface area (Å²) < 4.78 is 33.0. The van der Waals surface area contributed by atoms with E-state index in [0.717, 1.165) is 0 Å². The van der Waals surface area contributed by atoms with E-state index in [1.54, 1.807) is 27.7 Å². The van der Waals surface area contributed by atoms with Gasteiger partial charge in [0.1, 0.15) is 0 Å². The lowest BCUT2D eigenvalue weighted by atomic mass is 10.2. The molecule has 0 aromatic heterocycles. The molecule has 0 unspecified atom stereocenters. The summed E-state index contributed by atoms with van der Waals surface area (Å²) in [6.07, 6.45) is 0.656. The second-order valence-electron chi connectivity index (χ2n) is 4.34. The summed E-state index contributed by atoms with van der Waals surface area (Å²) in [6, 6.07) is 0. The van der Waals surface area contributed by atoms with Crippen molar-refractivity contribution in [3.63, 3.8) is 0 Å². The minimum Gasteiger partial charge on any atom is -0.466 e. The van der Waals surface area contributed by atoms with Crippen LogP contribution in [-0.4, -0.2) is 44.0 Å². The molecule has 0 saturated heterocycles. The van der Waals surface area contributed by atoms with Crippen molar-refractivity contribution >= 4 is 19.5 Å². The van der Waals surface area contributed by atoms with Gasteiger partial charge < -0.3 is 18.5 Å². The molecule has 0 aliphatic heterocycles. The van der Waals surface area contributed by atoms with E-state index in [9.17, 15) is 14.2 Å². The van der Waals surface area contributed by atoms with Crippen molar-refractivity contribution in [2.75, 3.05) is 26.4 Å². The highest BCUT2D eigenvalue weighted by atomic mass is 31.2. The van der Waals surface area contributed by atoms with Gasteiger partial charge in [-0.2, -0.15) is 0 Å². The van der Waals surface area contributed by atoms with Gasteiger partial charge in [-0.25, -0.2) is 0 Å². The maximum Gasteiger partial charge on any atom is 0.344 e. The molecular formula is C14H27O7P. The summed E-state index contributed by atoms with van der Waals surface area (Å²) >= 11 is 0. The van der Waals surface area contributed by atoms with E-state index in [1.807, 2.05) is 0 Å². The van der Waals surface area contributed by atoms with Crippen LogP contribution < -0.4 is 0 Å². The number of esters is 2. The van der Waals surface area contributed by atoms with Crippen LogP contribution >= 0.6 is 7.60 Å². The Hall–Kier alpha value is -0.910. The zero-order valence-electron chi connectivity index (χ0n) is 13.8. The maximum atomic E-state index is 12.8. The van der Waals surface area contributed by atoms with Crippen LogP contribution in [0.4, 0.5) is 0 Å². The van der Waals surface area contributed by atoms with Crippen molar-refractivity contribution in [1.82, 2.24) is 0 Å². The second kappa shape index (κ2) is 11.6. The first kappa shape index (κ1) is 21.1. The molecule has 0 aliphatic carbocycles. The number of carbonyl (C=O) groups is 2. The van der Waals surface area contributed by atoms with Crippen LogP contribution in [0.1, 0.15) is 47.0 Å². The van der Waals surface area contributed by atoms with Crippen LogP contribution in [0.25, 0.3) is 0 Å². The third kappa shape index (κ3) is 7.38. The molecule has 0 rings (SSSR count). The van der Waals surface area contributed by atoms with E-state index in [0.29, 0.717) is 13.0 Å². The monoisotopic (exact) mass is 338 g/mol. The molecule has 0 bridgehead atoms. The Morgan fingerprint density at radius 3 is 1.91 bits per heavy atom. The van der Waals surface area contributed by atoms with E-state index < -0.39 is 19.2 Å². The molecule has 0 aliphatic rings. The lowest BCUT2D eigenvalue weighted by Crippen LogP contribution is -2.26. The second-order valence-corrected chi connectivity index (χ2v) is 6.56. The Balaban J connectivity index is 4.90. The van der Waals surface area contributed by atoms with Gasteiger partial charge in [-0.15, -0.1) is 0 Å². The van der Waals surface area contributed by atoms with Gasteiger partial charge in [-0.1, -0.05) is 0 Å². The van der Waals surface area contributed by atoms with Crippen LogP contribution in [0.5, 0.6) is 0 Å². The first-order chi connectivity index (χ1) is 10.4. The van der Waals surface area contributed by atoms with Gasteiger partial charge in [-0.3, -0.25) is 14.2 Å². The number of rotatable bonds is 12. The lowest BCUT2D eigenvalue weighted by Gasteiger charge is -2.24. The minimum absolute atomic E-state index is 0.141. The van der Waals surface area contributed by atoms with E-state index >= 15 is 0 Å². The molecule has 0 heterocycles. The highest BCUT2D eigenvalue weighted by Gasteiger charge is 2.41. The molecule has 0 spiro atoms. The normalized spacial score (nSPS) is 12.7. The van der Waals surface area contributed by atoms with E-state index in [-0.39, 0.29) is 38.6 Å². The average molecular weight is 338 g/mol. The summed E-state index contributed by atoms with van der Waals surface area (Å²) in [4.78, 5) is 23.4. The maximum absolute atomic E-state index is 12.8. The third-order valence-corrected chi connectivity index (χ3v) is 5.19. The molecule has 7 nitrogen and oxygen atoms in total. The number of hydrogen-bond acceptors (Lipinski definition) is 7. The van der Waals surface area contributed by atoms with Crippen molar-refractivity contribution in [3.8, 4) is 0 Å². The van der Waals surface area contributed by atoms with Crippen molar-refractivity contribution in [1.29, 1.82) is 0 Å². The Labute approximate surface area is 132 Å². The molecule has 130 valence electrons. The lowest BCUT2D eigenvalue weighted by molar-refractivity contribution is -0.145. The van der Waals surface area contributed by atoms with Crippen molar-refractivity contribution in [3.05, 3.63) is 0 Å². The Bertz CT molecular complexity index is 373.